The zero-order valence-electron chi connectivity index (χ0n) is 14.1. The van der Waals surface area contributed by atoms with Crippen molar-refractivity contribution in [1.82, 2.24) is 15.2 Å². The van der Waals surface area contributed by atoms with E-state index in [1.54, 1.807) is 23.1 Å². The molecule has 0 spiro atoms. The highest BCUT2D eigenvalue weighted by Crippen LogP contribution is 2.29. The van der Waals surface area contributed by atoms with Crippen molar-refractivity contribution in [3.8, 4) is 0 Å². The molecule has 142 valence electrons. The number of halogens is 2. The zero-order valence-corrected chi connectivity index (χ0v) is 17.4. The molecule has 4 rings (SSSR count). The van der Waals surface area contributed by atoms with Crippen LogP contribution in [0.25, 0.3) is 0 Å². The highest BCUT2D eigenvalue weighted by molar-refractivity contribution is 7.99. The standard InChI is InChI=1S/C17H20N4OS2.2ClH/c22-16(14-10-23-11-18-14)20-17-19-13-6-7-21(9-15(13)24-17)8-12-4-2-1-3-5-12;;/h1-5,14,18H,6-11H2,(H,19,20,22);2*1H. The van der Waals surface area contributed by atoms with Crippen LogP contribution < -0.4 is 10.6 Å². The number of nitrogens with zero attached hydrogens (tertiary/aromatic N) is 2. The van der Waals surface area contributed by atoms with Gasteiger partial charge < -0.3 is 5.32 Å². The van der Waals surface area contributed by atoms with Gasteiger partial charge in [0.05, 0.1) is 11.7 Å². The number of rotatable bonds is 4. The molecule has 0 bridgehead atoms. The molecule has 0 radical (unpaired) electrons. The number of benzene rings is 1. The molecule has 0 aliphatic carbocycles. The number of aromatic nitrogens is 1. The van der Waals surface area contributed by atoms with Crippen molar-refractivity contribution in [3.05, 3.63) is 46.5 Å². The van der Waals surface area contributed by atoms with Crippen molar-refractivity contribution in [2.75, 3.05) is 23.5 Å². The topological polar surface area (TPSA) is 57.3 Å². The van der Waals surface area contributed by atoms with Crippen LogP contribution in [0.1, 0.15) is 16.1 Å². The summed E-state index contributed by atoms with van der Waals surface area (Å²) in [5.41, 5.74) is 2.48. The number of carbonyl (C=O) groups is 1. The Labute approximate surface area is 174 Å². The Morgan fingerprint density at radius 2 is 2.12 bits per heavy atom. The minimum absolute atomic E-state index is 0. The first kappa shape index (κ1) is 21.5. The lowest BCUT2D eigenvalue weighted by atomic mass is 10.1. The monoisotopic (exact) mass is 432 g/mol. The Hall–Kier alpha value is -0.830. The van der Waals surface area contributed by atoms with Gasteiger partial charge in [0, 0.05) is 42.6 Å². The molecule has 2 aromatic rings. The number of anilines is 1. The maximum atomic E-state index is 12.2. The molecule has 1 amide bonds. The second kappa shape index (κ2) is 9.92. The first-order valence-electron chi connectivity index (χ1n) is 8.15. The van der Waals surface area contributed by atoms with Crippen LogP contribution in [0.3, 0.4) is 0 Å². The summed E-state index contributed by atoms with van der Waals surface area (Å²) in [6.45, 7) is 2.89. The van der Waals surface area contributed by atoms with Crippen molar-refractivity contribution < 1.29 is 4.79 Å². The van der Waals surface area contributed by atoms with Crippen LogP contribution in [-0.2, 0) is 24.3 Å². The fourth-order valence-corrected chi connectivity index (χ4v) is 5.03. The molecule has 2 aliphatic heterocycles. The molecular weight excluding hydrogens is 411 g/mol. The van der Waals surface area contributed by atoms with E-state index in [1.165, 1.54) is 10.4 Å². The van der Waals surface area contributed by atoms with E-state index in [2.05, 4.69) is 44.8 Å². The largest absolute Gasteiger partial charge is 0.301 e. The van der Waals surface area contributed by atoms with Crippen LogP contribution >= 0.6 is 47.9 Å². The first-order valence-corrected chi connectivity index (χ1v) is 10.1. The summed E-state index contributed by atoms with van der Waals surface area (Å²) in [6, 6.07) is 10.5. The lowest BCUT2D eigenvalue weighted by molar-refractivity contribution is -0.117. The van der Waals surface area contributed by atoms with Gasteiger partial charge in [0.25, 0.3) is 0 Å². The van der Waals surface area contributed by atoms with E-state index in [4.69, 9.17) is 0 Å². The third kappa shape index (κ3) is 5.12. The van der Waals surface area contributed by atoms with E-state index < -0.39 is 0 Å². The number of hydrogen-bond acceptors (Lipinski definition) is 6. The summed E-state index contributed by atoms with van der Waals surface area (Å²) in [7, 11) is 0. The highest BCUT2D eigenvalue weighted by atomic mass is 35.5. The SMILES string of the molecule is Cl.Cl.O=C(Nc1nc2c(s1)CN(Cc1ccccc1)CC2)C1CSCN1. The van der Waals surface area contributed by atoms with Crippen molar-refractivity contribution >= 4 is 59.0 Å². The maximum Gasteiger partial charge on any atom is 0.244 e. The molecule has 1 unspecified atom stereocenters. The number of nitrogens with one attached hydrogen (secondary N) is 2. The van der Waals surface area contributed by atoms with Crippen molar-refractivity contribution in [2.45, 2.75) is 25.6 Å². The number of fused-ring (bicyclic) bond motifs is 1. The maximum absolute atomic E-state index is 12.2. The van der Waals surface area contributed by atoms with E-state index in [0.717, 1.165) is 48.5 Å². The third-order valence-electron chi connectivity index (χ3n) is 4.32. The molecule has 1 atom stereocenters. The Morgan fingerprint density at radius 3 is 2.85 bits per heavy atom. The van der Waals surface area contributed by atoms with E-state index >= 15 is 0 Å². The summed E-state index contributed by atoms with van der Waals surface area (Å²) in [5.74, 6) is 1.72. The number of hydrogen-bond donors (Lipinski definition) is 2. The van der Waals surface area contributed by atoms with Gasteiger partial charge in [-0.2, -0.15) is 0 Å². The van der Waals surface area contributed by atoms with Gasteiger partial charge in [-0.1, -0.05) is 30.3 Å². The smallest absolute Gasteiger partial charge is 0.244 e. The van der Waals surface area contributed by atoms with E-state index in [1.807, 2.05) is 6.07 Å². The lowest BCUT2D eigenvalue weighted by Crippen LogP contribution is -2.37. The summed E-state index contributed by atoms with van der Waals surface area (Å²) in [5, 5.41) is 6.91. The molecule has 1 saturated heterocycles. The zero-order chi connectivity index (χ0) is 16.4. The highest BCUT2D eigenvalue weighted by Gasteiger charge is 2.25. The number of thiazole rings is 1. The van der Waals surface area contributed by atoms with E-state index in [-0.39, 0.29) is 36.8 Å². The van der Waals surface area contributed by atoms with Crippen LogP contribution in [0, 0.1) is 0 Å². The van der Waals surface area contributed by atoms with Crippen LogP contribution in [0.5, 0.6) is 0 Å². The molecule has 1 aromatic heterocycles. The minimum Gasteiger partial charge on any atom is -0.301 e. The molecule has 1 aromatic carbocycles. The van der Waals surface area contributed by atoms with Gasteiger partial charge in [0.15, 0.2) is 5.13 Å². The first-order chi connectivity index (χ1) is 11.8. The second-order valence-electron chi connectivity index (χ2n) is 6.10. The normalized spacial score (nSPS) is 19.2. The van der Waals surface area contributed by atoms with Crippen LogP contribution in [0.2, 0.25) is 0 Å². The Morgan fingerprint density at radius 1 is 1.31 bits per heavy atom. The summed E-state index contributed by atoms with van der Waals surface area (Å²) in [6.07, 6.45) is 0.950. The fraction of sp³-hybridized carbons (Fsp3) is 0.412. The van der Waals surface area contributed by atoms with Gasteiger partial charge >= 0.3 is 0 Å². The average Bonchev–Trinajstić information content (AvgIpc) is 3.24. The van der Waals surface area contributed by atoms with Crippen LogP contribution in [0.4, 0.5) is 5.13 Å². The van der Waals surface area contributed by atoms with Crippen molar-refractivity contribution in [2.24, 2.45) is 0 Å². The number of carbonyl (C=O) groups excluding carboxylic acids is 1. The predicted octanol–water partition coefficient (Wildman–Crippen LogP) is 3.15. The van der Waals surface area contributed by atoms with Crippen molar-refractivity contribution in [3.63, 3.8) is 0 Å². The van der Waals surface area contributed by atoms with Gasteiger partial charge in [-0.25, -0.2) is 4.98 Å². The molecular formula is C17H22Cl2N4OS2. The minimum atomic E-state index is -0.0921. The van der Waals surface area contributed by atoms with E-state index in [9.17, 15) is 4.79 Å². The van der Waals surface area contributed by atoms with Crippen LogP contribution in [0.15, 0.2) is 30.3 Å². The molecule has 5 nitrogen and oxygen atoms in total. The van der Waals surface area contributed by atoms with Gasteiger partial charge in [0.2, 0.25) is 5.91 Å². The molecule has 0 saturated carbocycles. The summed E-state index contributed by atoms with van der Waals surface area (Å²) >= 11 is 3.37. The summed E-state index contributed by atoms with van der Waals surface area (Å²) in [4.78, 5) is 20.6. The quantitative estimate of drug-likeness (QED) is 0.776. The van der Waals surface area contributed by atoms with Crippen molar-refractivity contribution in [1.29, 1.82) is 0 Å². The van der Waals surface area contributed by atoms with E-state index in [0.29, 0.717) is 0 Å². The molecule has 2 aliphatic rings. The van der Waals surface area contributed by atoms with Gasteiger partial charge in [-0.15, -0.1) is 47.9 Å². The Bertz CT molecular complexity index is 723. The molecule has 1 fully saturated rings. The average molecular weight is 433 g/mol. The second-order valence-corrected chi connectivity index (χ2v) is 8.21. The Kier molecular flexibility index (Phi) is 8.19. The van der Waals surface area contributed by atoms with Gasteiger partial charge in [-0.3, -0.25) is 15.0 Å². The molecule has 2 N–H and O–H groups in total. The fourth-order valence-electron chi connectivity index (χ4n) is 3.03. The molecule has 26 heavy (non-hydrogen) atoms. The lowest BCUT2D eigenvalue weighted by Gasteiger charge is -2.25. The molecule has 9 heteroatoms. The van der Waals surface area contributed by atoms with Gasteiger partial charge in [-0.05, 0) is 5.56 Å². The summed E-state index contributed by atoms with van der Waals surface area (Å²) < 4.78 is 0. The molecule has 3 heterocycles. The Balaban J connectivity index is 0.00000121. The number of thioether (sulfide) groups is 1. The van der Waals surface area contributed by atoms with Gasteiger partial charge in [0.1, 0.15) is 0 Å². The number of amides is 1. The third-order valence-corrected chi connectivity index (χ3v) is 6.26. The predicted molar refractivity (Wildman–Crippen MR) is 114 cm³/mol. The van der Waals surface area contributed by atoms with Crippen LogP contribution in [-0.4, -0.2) is 40.0 Å².